The van der Waals surface area contributed by atoms with Crippen LogP contribution in [0.15, 0.2) is 140 Å². The minimum absolute atomic E-state index is 0.0191. The van der Waals surface area contributed by atoms with E-state index in [1.807, 2.05) is 78.9 Å². The van der Waals surface area contributed by atoms with Gasteiger partial charge in [0.25, 0.3) is 11.8 Å². The number of carbonyl (C=O) groups excluding carboxylic acids is 6. The second-order valence-electron chi connectivity index (χ2n) is 15.1. The van der Waals surface area contributed by atoms with Gasteiger partial charge in [-0.15, -0.1) is 0 Å². The van der Waals surface area contributed by atoms with Gasteiger partial charge in [-0.3, -0.25) is 9.59 Å². The monoisotopic (exact) mass is 931 g/mol. The highest BCUT2D eigenvalue weighted by Crippen LogP contribution is 2.36. The number of aliphatic hydroxyl groups is 1. The Bertz CT molecular complexity index is 2850. The molecule has 0 saturated heterocycles. The van der Waals surface area contributed by atoms with Crippen molar-refractivity contribution in [1.82, 2.24) is 10.6 Å². The maximum Gasteiger partial charge on any atom is 0.346 e. The van der Waals surface area contributed by atoms with Crippen LogP contribution < -0.4 is 16.4 Å². The fourth-order valence-electron chi connectivity index (χ4n) is 7.73. The van der Waals surface area contributed by atoms with Crippen LogP contribution in [0.25, 0.3) is 21.5 Å². The molecule has 0 aromatic heterocycles. The first-order valence-electron chi connectivity index (χ1n) is 21.4. The Balaban J connectivity index is 0.000000207. The zero-order valence-corrected chi connectivity index (χ0v) is 37.0. The number of nitrogens with two attached hydrogens (primary N) is 1. The van der Waals surface area contributed by atoms with Gasteiger partial charge in [0, 0.05) is 52.9 Å². The summed E-state index contributed by atoms with van der Waals surface area (Å²) in [6.45, 7) is 1.31. The van der Waals surface area contributed by atoms with Gasteiger partial charge in [0.15, 0.2) is 0 Å². The van der Waals surface area contributed by atoms with Crippen LogP contribution in [0.2, 0.25) is 0 Å². The molecule has 7 N–H and O–H groups in total. The number of aromatic carboxylic acids is 2. The number of amides is 2. The number of esters is 4. The highest BCUT2D eigenvalue weighted by Gasteiger charge is 2.35. The van der Waals surface area contributed by atoms with E-state index in [2.05, 4.69) is 32.2 Å². The maximum absolute atomic E-state index is 13.2. The molecule has 7 aromatic carbocycles. The van der Waals surface area contributed by atoms with Gasteiger partial charge in [-0.25, -0.2) is 28.8 Å². The molecule has 2 aliphatic rings. The fourth-order valence-corrected chi connectivity index (χ4v) is 7.73. The Hall–Kier alpha value is -8.86. The summed E-state index contributed by atoms with van der Waals surface area (Å²) in [5, 5.41) is 32.6. The van der Waals surface area contributed by atoms with Crippen LogP contribution in [0.4, 0.5) is 0 Å². The molecule has 69 heavy (non-hydrogen) atoms. The lowest BCUT2D eigenvalue weighted by atomic mass is 9.89. The summed E-state index contributed by atoms with van der Waals surface area (Å²) in [4.78, 5) is 97.4. The average molecular weight is 932 g/mol. The van der Waals surface area contributed by atoms with Crippen molar-refractivity contribution < 1.29 is 63.1 Å². The molecular weight excluding hydrogens is 887 g/mol. The number of carboxylic acid groups (broad SMARTS) is 2. The van der Waals surface area contributed by atoms with Crippen molar-refractivity contribution in [2.45, 2.75) is 19.3 Å². The van der Waals surface area contributed by atoms with Gasteiger partial charge < -0.3 is 41.2 Å². The van der Waals surface area contributed by atoms with E-state index in [0.29, 0.717) is 12.8 Å². The molecule has 7 aromatic rings. The molecule has 350 valence electrons. The second kappa shape index (κ2) is 23.0. The zero-order chi connectivity index (χ0) is 49.6. The van der Waals surface area contributed by atoms with E-state index < -0.39 is 47.6 Å². The van der Waals surface area contributed by atoms with Crippen LogP contribution in [0.5, 0.6) is 0 Å². The van der Waals surface area contributed by atoms with Crippen molar-refractivity contribution in [3.8, 4) is 0 Å². The Morgan fingerprint density at radius 1 is 0.420 bits per heavy atom. The summed E-state index contributed by atoms with van der Waals surface area (Å²) in [6, 6.07) is 39.9. The van der Waals surface area contributed by atoms with E-state index in [9.17, 15) is 48.6 Å². The highest BCUT2D eigenvalue weighted by atomic mass is 16.6. The molecule has 0 radical (unpaired) electrons. The third kappa shape index (κ3) is 11.4. The lowest BCUT2D eigenvalue weighted by Crippen LogP contribution is -2.28. The van der Waals surface area contributed by atoms with E-state index in [-0.39, 0.29) is 79.1 Å². The van der Waals surface area contributed by atoms with Crippen LogP contribution in [0, 0.1) is 0 Å². The van der Waals surface area contributed by atoms with Crippen molar-refractivity contribution in [3.63, 3.8) is 0 Å². The predicted molar refractivity (Wildman–Crippen MR) is 254 cm³/mol. The van der Waals surface area contributed by atoms with Crippen LogP contribution in [0.1, 0.15) is 99.6 Å². The van der Waals surface area contributed by atoms with Gasteiger partial charge in [-0.05, 0) is 91.0 Å². The molecule has 0 saturated carbocycles. The van der Waals surface area contributed by atoms with Crippen molar-refractivity contribution in [1.29, 1.82) is 0 Å². The maximum atomic E-state index is 13.2. The second-order valence-corrected chi connectivity index (χ2v) is 15.1. The Morgan fingerprint density at radius 2 is 0.710 bits per heavy atom. The molecule has 0 fully saturated rings. The molecule has 2 heterocycles. The molecule has 0 spiro atoms. The standard InChI is InChI=1S/C30H26N2O6.C14H4O6.C8H11N.CH4O/c33-27(31-17-15-19-7-3-1-4-8-19)21-11-13-24(30(37)38)26-22(12-14-23(25(21)26)29(35)36)28(34)32-18-16-20-9-5-2-6-10-20;15-11-5-1-2-6-10-8(14(18)20-12(6)16)4-3-7(9(5)10)13(17)19-11;9-7-6-8-4-2-1-3-5-8;1-2/h1-14H,15-18H2,(H,31,33)(H,32,34)(H,35,36)(H,37,38);1-4H;1-5H,6-7,9H2;2H,1H3. The smallest absolute Gasteiger partial charge is 0.346 e. The Morgan fingerprint density at radius 3 is 1.00 bits per heavy atom. The predicted octanol–water partition coefficient (Wildman–Crippen LogP) is 6.44. The van der Waals surface area contributed by atoms with Gasteiger partial charge in [-0.1, -0.05) is 91.0 Å². The van der Waals surface area contributed by atoms with Crippen molar-refractivity contribution >= 4 is 69.2 Å². The molecule has 9 rings (SSSR count). The topological polar surface area (TPSA) is 266 Å². The molecule has 16 heteroatoms. The number of cyclic esters (lactones) is 4. The summed E-state index contributed by atoms with van der Waals surface area (Å²) in [5.41, 5.74) is 8.76. The van der Waals surface area contributed by atoms with Crippen molar-refractivity contribution in [2.75, 3.05) is 26.7 Å². The Kier molecular flexibility index (Phi) is 16.6. The van der Waals surface area contributed by atoms with Gasteiger partial charge in [0.05, 0.1) is 33.4 Å². The number of nitrogens with one attached hydrogen (secondary N) is 2. The van der Waals surface area contributed by atoms with E-state index in [0.717, 1.165) is 31.2 Å². The first-order valence-corrected chi connectivity index (χ1v) is 21.4. The normalized spacial score (nSPS) is 11.9. The fraction of sp³-hybridized carbons (Fsp3) is 0.132. The van der Waals surface area contributed by atoms with E-state index in [4.69, 9.17) is 10.8 Å². The van der Waals surface area contributed by atoms with E-state index in [1.165, 1.54) is 54.1 Å². The van der Waals surface area contributed by atoms with Crippen molar-refractivity contribution in [2.24, 2.45) is 5.73 Å². The lowest BCUT2D eigenvalue weighted by molar-refractivity contribution is 0.0366. The molecule has 0 unspecified atom stereocenters. The molecule has 2 amide bonds. The summed E-state index contributed by atoms with van der Waals surface area (Å²) in [6.07, 6.45) is 2.10. The number of aliphatic hydroxyl groups excluding tert-OH is 1. The summed E-state index contributed by atoms with van der Waals surface area (Å²) >= 11 is 0. The first kappa shape index (κ1) is 49.6. The number of carbonyl (C=O) groups is 8. The third-order valence-electron chi connectivity index (χ3n) is 10.9. The SMILES string of the molecule is CO.NCCc1ccccc1.O=C(O)c1ccc(C(=O)NCCc2ccccc2)c2c(C(=O)O)ccc(C(=O)NCCc3ccccc3)c12.O=C1OC(=O)c2ccc3c4c(ccc1c24)C(=O)OC3=O. The molecule has 2 aliphatic heterocycles. The number of fused-ring (bicyclic) bond motifs is 1. The van der Waals surface area contributed by atoms with Crippen LogP contribution in [-0.4, -0.2) is 89.7 Å². The Labute approximate surface area is 394 Å². The third-order valence-corrected chi connectivity index (χ3v) is 10.9. The average Bonchev–Trinajstić information content (AvgIpc) is 3.36. The number of ether oxygens (including phenoxy) is 2. The largest absolute Gasteiger partial charge is 0.478 e. The van der Waals surface area contributed by atoms with Gasteiger partial charge in [0.2, 0.25) is 0 Å². The lowest BCUT2D eigenvalue weighted by Gasteiger charge is -2.21. The minimum atomic E-state index is -1.34. The molecule has 0 aliphatic carbocycles. The molecule has 16 nitrogen and oxygen atoms in total. The van der Waals surface area contributed by atoms with Gasteiger partial charge in [-0.2, -0.15) is 0 Å². The highest BCUT2D eigenvalue weighted by molar-refractivity contribution is 6.29. The number of hydrogen-bond donors (Lipinski definition) is 6. The van der Waals surface area contributed by atoms with Gasteiger partial charge in [0.1, 0.15) is 0 Å². The number of carboxylic acids is 2. The molecular formula is C53H45N3O13. The van der Waals surface area contributed by atoms with Gasteiger partial charge >= 0.3 is 35.8 Å². The van der Waals surface area contributed by atoms with Crippen LogP contribution >= 0.6 is 0 Å². The van der Waals surface area contributed by atoms with Crippen LogP contribution in [0.3, 0.4) is 0 Å². The van der Waals surface area contributed by atoms with E-state index >= 15 is 0 Å². The molecule has 0 atom stereocenters. The minimum Gasteiger partial charge on any atom is -0.478 e. The van der Waals surface area contributed by atoms with Crippen LogP contribution in [-0.2, 0) is 28.7 Å². The number of hydrogen-bond acceptors (Lipinski definition) is 12. The quantitative estimate of drug-likeness (QED) is 0.0569. The van der Waals surface area contributed by atoms with E-state index in [1.54, 1.807) is 0 Å². The summed E-state index contributed by atoms with van der Waals surface area (Å²) in [7, 11) is 1.00. The summed E-state index contributed by atoms with van der Waals surface area (Å²) in [5.74, 6) is -6.98. The number of benzene rings is 7. The number of rotatable bonds is 12. The first-order chi connectivity index (χ1) is 33.4. The summed E-state index contributed by atoms with van der Waals surface area (Å²) < 4.78 is 9.22. The molecule has 0 bridgehead atoms. The zero-order valence-electron chi connectivity index (χ0n) is 37.0. The van der Waals surface area contributed by atoms with Crippen molar-refractivity contribution in [3.05, 3.63) is 201 Å².